The fraction of sp³-hybridized carbons (Fsp3) is 0.800. The molecular weight excluding hydrogens is 406 g/mol. The number of hydrogen-bond donors (Lipinski definition) is 6. The second-order valence-electron chi connectivity index (χ2n) is 8.41. The lowest BCUT2D eigenvalue weighted by Crippen LogP contribution is -2.50. The molecule has 0 fully saturated rings. The number of nitrogens with one attached hydrogen (secondary N) is 3. The Labute approximate surface area is 184 Å². The summed E-state index contributed by atoms with van der Waals surface area (Å²) in [5, 5.41) is 39.4. The third-order valence-electron chi connectivity index (χ3n) is 4.97. The molecule has 0 aliphatic heterocycles. The number of nitrogens with zero attached hydrogens (tertiary/aromatic N) is 2. The van der Waals surface area contributed by atoms with Crippen LogP contribution in [0.5, 0.6) is 0 Å². The van der Waals surface area contributed by atoms with E-state index >= 15 is 0 Å². The Bertz CT molecular complexity index is 619. The van der Waals surface area contributed by atoms with Gasteiger partial charge in [0.1, 0.15) is 0 Å². The standard InChI is InChI=1S/C20H39N5O6/c1-15(23-29)19(2,3)25-31-14-13-22-20(4,5)16(24-30)11-12-21-17(26)9-7-6-8-10-18(27)28/h22,25,29-30H,6-14H2,1-5H3,(H,21,26)(H,27,28)/b23-15+,24-16+. The highest BCUT2D eigenvalue weighted by molar-refractivity contribution is 5.93. The van der Waals surface area contributed by atoms with Crippen molar-refractivity contribution in [3.63, 3.8) is 0 Å². The number of rotatable bonds is 17. The Morgan fingerprint density at radius 3 is 2.13 bits per heavy atom. The van der Waals surface area contributed by atoms with Crippen molar-refractivity contribution in [3.8, 4) is 0 Å². The topological polar surface area (TPSA) is 165 Å². The first kappa shape index (κ1) is 28.8. The molecule has 0 heterocycles. The zero-order valence-corrected chi connectivity index (χ0v) is 19.3. The Hall–Kier alpha value is -2.24. The Kier molecular flexibility index (Phi) is 13.6. The number of hydrogen-bond acceptors (Lipinski definition) is 9. The van der Waals surface area contributed by atoms with E-state index in [-0.39, 0.29) is 12.3 Å². The van der Waals surface area contributed by atoms with Gasteiger partial charge in [0.2, 0.25) is 5.91 Å². The molecule has 0 aromatic carbocycles. The summed E-state index contributed by atoms with van der Waals surface area (Å²) in [6.45, 7) is 10.2. The Balaban J connectivity index is 4.17. The number of carbonyl (C=O) groups excluding carboxylic acids is 1. The summed E-state index contributed by atoms with van der Waals surface area (Å²) in [4.78, 5) is 27.7. The van der Waals surface area contributed by atoms with Crippen molar-refractivity contribution in [1.82, 2.24) is 16.1 Å². The molecule has 0 saturated carbocycles. The molecule has 0 radical (unpaired) electrons. The number of amides is 1. The number of hydroxylamine groups is 1. The predicted molar refractivity (Wildman–Crippen MR) is 118 cm³/mol. The molecule has 0 saturated heterocycles. The summed E-state index contributed by atoms with van der Waals surface area (Å²) in [6.07, 6.45) is 2.74. The molecule has 31 heavy (non-hydrogen) atoms. The maximum absolute atomic E-state index is 11.9. The van der Waals surface area contributed by atoms with E-state index in [2.05, 4.69) is 26.4 Å². The average molecular weight is 446 g/mol. The summed E-state index contributed by atoms with van der Waals surface area (Å²) in [7, 11) is 0. The van der Waals surface area contributed by atoms with E-state index in [1.165, 1.54) is 0 Å². The summed E-state index contributed by atoms with van der Waals surface area (Å²) in [6, 6.07) is 0. The molecule has 11 heteroatoms. The van der Waals surface area contributed by atoms with Crippen LogP contribution in [0, 0.1) is 0 Å². The summed E-state index contributed by atoms with van der Waals surface area (Å²) in [5.74, 6) is -0.934. The van der Waals surface area contributed by atoms with Crippen molar-refractivity contribution in [2.75, 3.05) is 19.7 Å². The van der Waals surface area contributed by atoms with Crippen LogP contribution in [0.25, 0.3) is 0 Å². The van der Waals surface area contributed by atoms with Gasteiger partial charge in [0, 0.05) is 32.4 Å². The fourth-order valence-corrected chi connectivity index (χ4v) is 2.58. The lowest BCUT2D eigenvalue weighted by atomic mass is 9.95. The molecule has 0 aliphatic carbocycles. The Morgan fingerprint density at radius 1 is 0.903 bits per heavy atom. The van der Waals surface area contributed by atoms with Gasteiger partial charge >= 0.3 is 5.97 Å². The minimum atomic E-state index is -0.825. The zero-order chi connectivity index (χ0) is 23.9. The number of oxime groups is 2. The van der Waals surface area contributed by atoms with Gasteiger partial charge in [-0.05, 0) is 47.5 Å². The first-order chi connectivity index (χ1) is 14.5. The Morgan fingerprint density at radius 2 is 1.55 bits per heavy atom. The van der Waals surface area contributed by atoms with E-state index in [1.54, 1.807) is 6.92 Å². The lowest BCUT2D eigenvalue weighted by Gasteiger charge is -2.28. The molecule has 0 atom stereocenters. The highest BCUT2D eigenvalue weighted by Gasteiger charge is 2.25. The molecule has 0 aliphatic rings. The number of unbranched alkanes of at least 4 members (excludes halogenated alkanes) is 2. The van der Waals surface area contributed by atoms with Gasteiger partial charge in [0.25, 0.3) is 0 Å². The monoisotopic (exact) mass is 445 g/mol. The van der Waals surface area contributed by atoms with E-state index in [0.29, 0.717) is 63.2 Å². The molecule has 0 bridgehead atoms. The fourth-order valence-electron chi connectivity index (χ4n) is 2.58. The summed E-state index contributed by atoms with van der Waals surface area (Å²) < 4.78 is 0. The van der Waals surface area contributed by atoms with Crippen molar-refractivity contribution >= 4 is 23.3 Å². The summed E-state index contributed by atoms with van der Waals surface area (Å²) in [5.41, 5.74) is 2.58. The molecule has 0 unspecified atom stereocenters. The van der Waals surface area contributed by atoms with Gasteiger partial charge in [-0.25, -0.2) is 0 Å². The van der Waals surface area contributed by atoms with E-state index in [9.17, 15) is 14.8 Å². The first-order valence-corrected chi connectivity index (χ1v) is 10.5. The molecule has 6 N–H and O–H groups in total. The number of carboxylic acids is 1. The highest BCUT2D eigenvalue weighted by Crippen LogP contribution is 2.09. The van der Waals surface area contributed by atoms with Crippen LogP contribution < -0.4 is 16.1 Å². The summed E-state index contributed by atoms with van der Waals surface area (Å²) >= 11 is 0. The zero-order valence-electron chi connectivity index (χ0n) is 19.3. The number of carbonyl (C=O) groups is 2. The number of carboxylic acid groups (broad SMARTS) is 1. The van der Waals surface area contributed by atoms with Crippen molar-refractivity contribution in [3.05, 3.63) is 0 Å². The van der Waals surface area contributed by atoms with Crippen LogP contribution in [0.4, 0.5) is 0 Å². The molecular formula is C20H39N5O6. The second kappa shape index (κ2) is 14.7. The largest absolute Gasteiger partial charge is 0.481 e. The van der Waals surface area contributed by atoms with E-state index in [1.807, 2.05) is 27.7 Å². The van der Waals surface area contributed by atoms with Gasteiger partial charge in [0.15, 0.2) is 0 Å². The third-order valence-corrected chi connectivity index (χ3v) is 4.97. The van der Waals surface area contributed by atoms with Crippen LogP contribution in [-0.2, 0) is 14.4 Å². The maximum Gasteiger partial charge on any atom is 0.303 e. The van der Waals surface area contributed by atoms with Crippen molar-refractivity contribution in [2.45, 2.75) is 84.2 Å². The SMILES string of the molecule is C/C(=N\O)C(C)(C)NOCCNC(C)(C)/C(CCNC(=O)CCCCCC(=O)O)=N/O. The molecule has 180 valence electrons. The van der Waals surface area contributed by atoms with Crippen LogP contribution in [0.3, 0.4) is 0 Å². The predicted octanol–water partition coefficient (Wildman–Crippen LogP) is 1.88. The van der Waals surface area contributed by atoms with Crippen LogP contribution in [0.15, 0.2) is 10.3 Å². The highest BCUT2D eigenvalue weighted by atomic mass is 16.6. The van der Waals surface area contributed by atoms with E-state index in [4.69, 9.17) is 15.2 Å². The van der Waals surface area contributed by atoms with Crippen molar-refractivity contribution in [2.24, 2.45) is 10.3 Å². The molecule has 0 rings (SSSR count). The van der Waals surface area contributed by atoms with Crippen molar-refractivity contribution in [1.29, 1.82) is 0 Å². The van der Waals surface area contributed by atoms with Crippen LogP contribution in [-0.4, -0.2) is 69.6 Å². The van der Waals surface area contributed by atoms with Crippen LogP contribution in [0.2, 0.25) is 0 Å². The molecule has 0 spiro atoms. The van der Waals surface area contributed by atoms with Gasteiger partial charge in [-0.2, -0.15) is 5.48 Å². The minimum absolute atomic E-state index is 0.109. The van der Waals surface area contributed by atoms with Gasteiger partial charge < -0.3 is 26.2 Å². The third kappa shape index (κ3) is 12.9. The normalized spacial score (nSPS) is 13.3. The van der Waals surface area contributed by atoms with Gasteiger partial charge in [-0.15, -0.1) is 0 Å². The first-order valence-electron chi connectivity index (χ1n) is 10.5. The maximum atomic E-state index is 11.9. The molecule has 0 aromatic heterocycles. The molecule has 1 amide bonds. The number of aliphatic carboxylic acids is 1. The molecule has 0 aromatic rings. The minimum Gasteiger partial charge on any atom is -0.481 e. The van der Waals surface area contributed by atoms with Crippen LogP contribution in [0.1, 0.15) is 73.1 Å². The average Bonchev–Trinajstić information content (AvgIpc) is 2.69. The van der Waals surface area contributed by atoms with E-state index < -0.39 is 17.0 Å². The van der Waals surface area contributed by atoms with Gasteiger partial charge in [-0.1, -0.05) is 16.7 Å². The van der Waals surface area contributed by atoms with Gasteiger partial charge in [0.05, 0.1) is 29.1 Å². The quantitative estimate of drug-likeness (QED) is 0.0854. The molecule has 11 nitrogen and oxygen atoms in total. The van der Waals surface area contributed by atoms with Gasteiger partial charge in [-0.3, -0.25) is 14.4 Å². The second-order valence-corrected chi connectivity index (χ2v) is 8.41. The smallest absolute Gasteiger partial charge is 0.303 e. The van der Waals surface area contributed by atoms with Crippen LogP contribution >= 0.6 is 0 Å². The van der Waals surface area contributed by atoms with E-state index in [0.717, 1.165) is 0 Å². The lowest BCUT2D eigenvalue weighted by molar-refractivity contribution is -0.137. The van der Waals surface area contributed by atoms with Crippen molar-refractivity contribution < 1.29 is 29.9 Å².